The van der Waals surface area contributed by atoms with Crippen LogP contribution in [0, 0.1) is 6.85 Å². The number of benzene rings is 1. The van der Waals surface area contributed by atoms with Crippen LogP contribution in [0.5, 0.6) is 0 Å². The highest BCUT2D eigenvalue weighted by atomic mass is 16.1. The average Bonchev–Trinajstić information content (AvgIpc) is 2.57. The van der Waals surface area contributed by atoms with Crippen LogP contribution in [0.3, 0.4) is 0 Å². The molecule has 1 N–H and O–H groups in total. The molecule has 0 aliphatic carbocycles. The number of aromatic nitrogens is 2. The number of hydrogen-bond donors (Lipinski definition) is 1. The molecule has 2 rings (SSSR count). The summed E-state index contributed by atoms with van der Waals surface area (Å²) in [6.45, 7) is -2.49. The minimum atomic E-state index is -2.49. The van der Waals surface area contributed by atoms with E-state index < -0.39 is 18.5 Å². The number of para-hydroxylation sites is 1. The molecule has 0 spiro atoms. The number of H-pyrrole nitrogens is 1. The summed E-state index contributed by atoms with van der Waals surface area (Å²) >= 11 is 0. The van der Waals surface area contributed by atoms with E-state index in [9.17, 15) is 4.79 Å². The van der Waals surface area contributed by atoms with Crippen LogP contribution in [0.1, 0.15) is 11.2 Å². The van der Waals surface area contributed by atoms with Crippen molar-refractivity contribution in [2.24, 2.45) is 0 Å². The fourth-order valence-corrected chi connectivity index (χ4v) is 1.11. The highest BCUT2D eigenvalue weighted by Gasteiger charge is 1.99. The Morgan fingerprint density at radius 3 is 2.85 bits per heavy atom. The average molecular weight is 178 g/mol. The van der Waals surface area contributed by atoms with Gasteiger partial charge in [0.15, 0.2) is 0 Å². The van der Waals surface area contributed by atoms with Gasteiger partial charge in [0, 0.05) is 15.8 Å². The van der Waals surface area contributed by atoms with E-state index in [0.717, 1.165) is 4.68 Å². The monoisotopic (exact) mass is 178 g/mol. The van der Waals surface area contributed by atoms with Crippen molar-refractivity contribution < 1.29 is 5.48 Å². The summed E-state index contributed by atoms with van der Waals surface area (Å²) in [4.78, 5) is 11.7. The molecule has 0 unspecified atom stereocenters. The molecule has 3 heteroatoms. The Kier molecular flexibility index (Phi) is 1.01. The standard InChI is InChI=1S/C10H10N2O/c1-8-7-10(13)12(11-8)9-5-3-2-4-6-9/h2-7,11H,1H3/i1D3,7D. The maximum absolute atomic E-state index is 11.7. The summed E-state index contributed by atoms with van der Waals surface area (Å²) < 4.78 is 30.2. The van der Waals surface area contributed by atoms with Crippen LogP contribution < -0.4 is 5.56 Å². The predicted octanol–water partition coefficient (Wildman–Crippen LogP) is 1.47. The fourth-order valence-electron chi connectivity index (χ4n) is 1.11. The number of rotatable bonds is 1. The third-order valence-electron chi connectivity index (χ3n) is 1.67. The van der Waals surface area contributed by atoms with E-state index in [-0.39, 0.29) is 5.69 Å². The molecule has 0 fully saturated rings. The number of aromatic amines is 1. The Morgan fingerprint density at radius 2 is 2.23 bits per heavy atom. The molecule has 3 nitrogen and oxygen atoms in total. The van der Waals surface area contributed by atoms with E-state index in [1.54, 1.807) is 30.3 Å². The molecule has 0 radical (unpaired) electrons. The van der Waals surface area contributed by atoms with Gasteiger partial charge >= 0.3 is 0 Å². The molecule has 0 aliphatic rings. The van der Waals surface area contributed by atoms with Crippen LogP contribution in [0.15, 0.2) is 41.2 Å². The van der Waals surface area contributed by atoms with Crippen LogP contribution in [0.4, 0.5) is 0 Å². The van der Waals surface area contributed by atoms with Gasteiger partial charge in [0.05, 0.1) is 7.06 Å². The summed E-state index contributed by atoms with van der Waals surface area (Å²) in [6.07, 6.45) is 0. The maximum atomic E-state index is 11.7. The number of nitrogens with one attached hydrogen (secondary N) is 1. The van der Waals surface area contributed by atoms with Gasteiger partial charge in [0.1, 0.15) is 0 Å². The first-order chi connectivity index (χ1) is 7.91. The lowest BCUT2D eigenvalue weighted by Gasteiger charge is -1.99. The quantitative estimate of drug-likeness (QED) is 0.705. The van der Waals surface area contributed by atoms with Gasteiger partial charge in [-0.3, -0.25) is 9.89 Å². The van der Waals surface area contributed by atoms with Gasteiger partial charge < -0.3 is 0 Å². The predicted molar refractivity (Wildman–Crippen MR) is 51.1 cm³/mol. The molecular formula is C10H10N2O. The van der Waals surface area contributed by atoms with E-state index in [1.165, 1.54) is 0 Å². The lowest BCUT2D eigenvalue weighted by atomic mass is 10.3. The van der Waals surface area contributed by atoms with E-state index in [1.807, 2.05) is 0 Å². The molecule has 0 aliphatic heterocycles. The van der Waals surface area contributed by atoms with Crippen molar-refractivity contribution in [3.05, 3.63) is 52.4 Å². The molecule has 2 aromatic rings. The summed E-state index contributed by atoms with van der Waals surface area (Å²) in [7, 11) is 0. The second-order valence-electron chi connectivity index (χ2n) is 2.59. The number of nitrogens with zero attached hydrogens (tertiary/aromatic N) is 1. The summed E-state index contributed by atoms with van der Waals surface area (Å²) in [5.41, 5.74) is -0.504. The van der Waals surface area contributed by atoms with Gasteiger partial charge in [-0.15, -0.1) is 0 Å². The highest BCUT2D eigenvalue weighted by molar-refractivity contribution is 5.30. The van der Waals surface area contributed by atoms with Gasteiger partial charge in [0.25, 0.3) is 5.56 Å². The van der Waals surface area contributed by atoms with Gasteiger partial charge in [-0.1, -0.05) is 18.2 Å². The van der Waals surface area contributed by atoms with Gasteiger partial charge in [-0.2, -0.15) is 0 Å². The van der Waals surface area contributed by atoms with E-state index in [4.69, 9.17) is 5.48 Å². The second kappa shape index (κ2) is 2.94. The zero-order valence-electron chi connectivity index (χ0n) is 10.7. The van der Waals surface area contributed by atoms with Crippen LogP contribution >= 0.6 is 0 Å². The third-order valence-corrected chi connectivity index (χ3v) is 1.67. The Balaban J connectivity index is 2.63. The maximum Gasteiger partial charge on any atom is 0.271 e. The molecule has 1 heterocycles. The second-order valence-corrected chi connectivity index (χ2v) is 2.59. The largest absolute Gasteiger partial charge is 0.295 e. The number of aryl methyl sites for hydroxylation is 1. The third kappa shape index (κ3) is 1.40. The van der Waals surface area contributed by atoms with Crippen LogP contribution in [-0.2, 0) is 0 Å². The minimum Gasteiger partial charge on any atom is -0.295 e. The minimum absolute atomic E-state index is 0.341. The lowest BCUT2D eigenvalue weighted by molar-refractivity contribution is 0.835. The topological polar surface area (TPSA) is 37.8 Å². The lowest BCUT2D eigenvalue weighted by Crippen LogP contribution is -2.12. The highest BCUT2D eigenvalue weighted by Crippen LogP contribution is 2.02. The first-order valence-corrected chi connectivity index (χ1v) is 3.79. The molecule has 0 amide bonds. The van der Waals surface area contributed by atoms with Crippen molar-refractivity contribution in [1.82, 2.24) is 9.78 Å². The number of hydrogen-bond acceptors (Lipinski definition) is 1. The Morgan fingerprint density at radius 1 is 1.46 bits per heavy atom. The SMILES string of the molecule is [2H]c1c(C([2H])([2H])[2H])[nH]n(-c2ccccc2)c1=O. The molecule has 1 aromatic heterocycles. The van der Waals surface area contributed by atoms with Crippen molar-refractivity contribution >= 4 is 0 Å². The molecule has 0 atom stereocenters. The van der Waals surface area contributed by atoms with Crippen molar-refractivity contribution in [2.75, 3.05) is 0 Å². The van der Waals surface area contributed by atoms with Gasteiger partial charge in [-0.05, 0) is 19.0 Å². The van der Waals surface area contributed by atoms with E-state index in [2.05, 4.69) is 5.10 Å². The first-order valence-electron chi connectivity index (χ1n) is 5.79. The molecule has 66 valence electrons. The van der Waals surface area contributed by atoms with Crippen molar-refractivity contribution in [3.63, 3.8) is 0 Å². The van der Waals surface area contributed by atoms with Crippen molar-refractivity contribution in [1.29, 1.82) is 0 Å². The molecule has 1 aromatic carbocycles. The molecule has 13 heavy (non-hydrogen) atoms. The Hall–Kier alpha value is -1.77. The van der Waals surface area contributed by atoms with E-state index in [0.29, 0.717) is 5.69 Å². The molecule has 0 bridgehead atoms. The van der Waals surface area contributed by atoms with Crippen molar-refractivity contribution in [3.8, 4) is 5.69 Å². The molecule has 0 saturated carbocycles. The zero-order chi connectivity index (χ0) is 12.6. The van der Waals surface area contributed by atoms with E-state index >= 15 is 0 Å². The summed E-state index contributed by atoms with van der Waals surface area (Å²) in [5.74, 6) is 0. The molecule has 0 saturated heterocycles. The zero-order valence-corrected chi connectivity index (χ0v) is 6.74. The van der Waals surface area contributed by atoms with Crippen molar-refractivity contribution in [2.45, 2.75) is 6.85 Å². The Labute approximate surface area is 81.2 Å². The Bertz CT molecular complexity index is 583. The summed E-state index contributed by atoms with van der Waals surface area (Å²) in [6, 6.07) is 8.02. The van der Waals surface area contributed by atoms with Crippen LogP contribution in [0.2, 0.25) is 0 Å². The molecular weight excluding hydrogens is 164 g/mol. The van der Waals surface area contributed by atoms with Gasteiger partial charge in [-0.25, -0.2) is 4.68 Å². The normalized spacial score (nSPS) is 15.7. The smallest absolute Gasteiger partial charge is 0.271 e. The van der Waals surface area contributed by atoms with Crippen LogP contribution in [-0.4, -0.2) is 9.78 Å². The summed E-state index contributed by atoms with van der Waals surface area (Å²) in [5, 5.41) is 2.46. The first kappa shape index (κ1) is 4.46. The van der Waals surface area contributed by atoms with Gasteiger partial charge in [0.2, 0.25) is 0 Å². The van der Waals surface area contributed by atoms with Crippen LogP contribution in [0.25, 0.3) is 5.69 Å². The fraction of sp³-hybridized carbons (Fsp3) is 0.100.